The topological polar surface area (TPSA) is 80.6 Å². The maximum Gasteiger partial charge on any atom is 0.255 e. The molecule has 1 aromatic carbocycles. The van der Waals surface area contributed by atoms with E-state index in [0.717, 1.165) is 11.6 Å². The Balaban J connectivity index is 2.01. The molecule has 1 N–H and O–H groups in total. The van der Waals surface area contributed by atoms with Gasteiger partial charge in [-0.1, -0.05) is 19.6 Å². The molecule has 0 aliphatic heterocycles. The second-order valence-electron chi connectivity index (χ2n) is 7.72. The van der Waals surface area contributed by atoms with Gasteiger partial charge in [0, 0.05) is 27.3 Å². The lowest BCUT2D eigenvalue weighted by atomic mass is 10.1. The first-order chi connectivity index (χ1) is 13.9. The number of hydrogen-bond acceptors (Lipinski definition) is 6. The Morgan fingerprint density at radius 3 is 2.76 bits per heavy atom. The minimum Gasteiger partial charge on any atom is -0.489 e. The van der Waals surface area contributed by atoms with Crippen LogP contribution in [0.4, 0.5) is 0 Å². The van der Waals surface area contributed by atoms with Gasteiger partial charge in [0.05, 0.1) is 18.1 Å². The smallest absolute Gasteiger partial charge is 0.255 e. The van der Waals surface area contributed by atoms with Crippen molar-refractivity contribution in [3.05, 3.63) is 46.2 Å². The third-order valence-corrected chi connectivity index (χ3v) is 6.44. The van der Waals surface area contributed by atoms with Crippen LogP contribution in [0, 0.1) is 11.3 Å². The van der Waals surface area contributed by atoms with Gasteiger partial charge < -0.3 is 19.5 Å². The molecule has 8 heteroatoms. The summed E-state index contributed by atoms with van der Waals surface area (Å²) in [5.41, 5.74) is 1.48. The molecular formula is C21H28N2O4SSi. The molecule has 0 spiro atoms. The maximum atomic E-state index is 12.4. The SMILES string of the molecule is C[Si](C)(C)CCOCOc1cc(OCc2ccsc2)ccc1C(=O)NCCC#N. The van der Waals surface area contributed by atoms with E-state index in [1.165, 1.54) is 0 Å². The highest BCUT2D eigenvalue weighted by atomic mass is 32.1. The number of nitrogens with one attached hydrogen (secondary N) is 1. The molecule has 2 aromatic rings. The van der Waals surface area contributed by atoms with Crippen LogP contribution in [0.5, 0.6) is 11.5 Å². The summed E-state index contributed by atoms with van der Waals surface area (Å²) in [5, 5.41) is 15.4. The number of benzene rings is 1. The average molecular weight is 433 g/mol. The fraction of sp³-hybridized carbons (Fsp3) is 0.429. The summed E-state index contributed by atoms with van der Waals surface area (Å²) in [4.78, 5) is 12.4. The molecule has 0 bridgehead atoms. The number of ether oxygens (including phenoxy) is 3. The quantitative estimate of drug-likeness (QED) is 0.300. The first-order valence-electron chi connectivity index (χ1n) is 9.53. The summed E-state index contributed by atoms with van der Waals surface area (Å²) in [6, 6.07) is 10.2. The van der Waals surface area contributed by atoms with E-state index in [2.05, 4.69) is 25.0 Å². The molecule has 0 atom stereocenters. The Bertz CT molecular complexity index is 813. The largest absolute Gasteiger partial charge is 0.489 e. The molecule has 0 fully saturated rings. The standard InChI is InChI=1S/C21H28N2O4SSi/c1-29(2,3)12-10-25-16-27-20-13-18(26-14-17-7-11-28-15-17)5-6-19(20)21(24)23-9-4-8-22/h5-7,11,13,15H,4,9-10,12,14,16H2,1-3H3,(H,23,24). The first-order valence-corrected chi connectivity index (χ1v) is 14.2. The van der Waals surface area contributed by atoms with Crippen molar-refractivity contribution in [2.24, 2.45) is 0 Å². The minimum absolute atomic E-state index is 0.0664. The van der Waals surface area contributed by atoms with Gasteiger partial charge in [-0.25, -0.2) is 0 Å². The zero-order chi connectivity index (χ0) is 21.1. The molecular weight excluding hydrogens is 404 g/mol. The normalized spacial score (nSPS) is 11.0. The van der Waals surface area contributed by atoms with E-state index in [4.69, 9.17) is 19.5 Å². The van der Waals surface area contributed by atoms with Gasteiger partial charge in [-0.05, 0) is 40.6 Å². The molecule has 0 saturated carbocycles. The van der Waals surface area contributed by atoms with Crippen molar-refractivity contribution in [3.63, 3.8) is 0 Å². The molecule has 0 saturated heterocycles. The van der Waals surface area contributed by atoms with Crippen molar-refractivity contribution in [1.82, 2.24) is 5.32 Å². The minimum atomic E-state index is -1.17. The van der Waals surface area contributed by atoms with E-state index in [-0.39, 0.29) is 25.7 Å². The van der Waals surface area contributed by atoms with E-state index < -0.39 is 8.07 Å². The molecule has 6 nitrogen and oxygen atoms in total. The Kier molecular flexibility index (Phi) is 9.18. The van der Waals surface area contributed by atoms with Crippen LogP contribution < -0.4 is 14.8 Å². The van der Waals surface area contributed by atoms with Gasteiger partial charge in [0.25, 0.3) is 5.91 Å². The van der Waals surface area contributed by atoms with Gasteiger partial charge in [0.2, 0.25) is 0 Å². The number of thiophene rings is 1. The highest BCUT2D eigenvalue weighted by Crippen LogP contribution is 2.26. The third kappa shape index (κ3) is 8.69. The van der Waals surface area contributed by atoms with Gasteiger partial charge in [-0.2, -0.15) is 16.6 Å². The third-order valence-electron chi connectivity index (χ3n) is 4.00. The monoisotopic (exact) mass is 432 g/mol. The van der Waals surface area contributed by atoms with E-state index in [1.54, 1.807) is 29.5 Å². The van der Waals surface area contributed by atoms with Crippen LogP contribution in [0.2, 0.25) is 25.7 Å². The van der Waals surface area contributed by atoms with Crippen molar-refractivity contribution >= 4 is 25.3 Å². The lowest BCUT2D eigenvalue weighted by molar-refractivity contribution is 0.0214. The molecule has 1 aromatic heterocycles. The van der Waals surface area contributed by atoms with Crippen molar-refractivity contribution in [2.75, 3.05) is 19.9 Å². The summed E-state index contributed by atoms with van der Waals surface area (Å²) < 4.78 is 17.2. The van der Waals surface area contributed by atoms with E-state index in [9.17, 15) is 4.79 Å². The first kappa shape index (κ1) is 22.9. The summed E-state index contributed by atoms with van der Waals surface area (Å²) in [6.45, 7) is 8.30. The van der Waals surface area contributed by atoms with Gasteiger partial charge in [-0.15, -0.1) is 0 Å². The van der Waals surface area contributed by atoms with Crippen molar-refractivity contribution < 1.29 is 19.0 Å². The lowest BCUT2D eigenvalue weighted by Gasteiger charge is -2.17. The average Bonchev–Trinajstić information content (AvgIpc) is 3.19. The molecule has 29 heavy (non-hydrogen) atoms. The molecule has 1 heterocycles. The zero-order valence-electron chi connectivity index (χ0n) is 17.2. The summed E-state index contributed by atoms with van der Waals surface area (Å²) in [5.74, 6) is 0.721. The van der Waals surface area contributed by atoms with E-state index in [1.807, 2.05) is 22.9 Å². The Morgan fingerprint density at radius 2 is 2.07 bits per heavy atom. The van der Waals surface area contributed by atoms with E-state index in [0.29, 0.717) is 30.3 Å². The lowest BCUT2D eigenvalue weighted by Crippen LogP contribution is -2.25. The number of nitriles is 1. The number of carbonyl (C=O) groups excluding carboxylic acids is 1. The highest BCUT2D eigenvalue weighted by Gasteiger charge is 2.15. The number of nitrogens with zero attached hydrogens (tertiary/aromatic N) is 1. The summed E-state index contributed by atoms with van der Waals surface area (Å²) >= 11 is 1.62. The van der Waals surface area contributed by atoms with Crippen LogP contribution >= 0.6 is 11.3 Å². The van der Waals surface area contributed by atoms with Crippen LogP contribution in [0.25, 0.3) is 0 Å². The molecule has 0 unspecified atom stereocenters. The van der Waals surface area contributed by atoms with Gasteiger partial charge in [0.1, 0.15) is 18.1 Å². The van der Waals surface area contributed by atoms with E-state index >= 15 is 0 Å². The van der Waals surface area contributed by atoms with Crippen molar-refractivity contribution in [2.45, 2.75) is 38.7 Å². The van der Waals surface area contributed by atoms with Gasteiger partial charge in [0.15, 0.2) is 6.79 Å². The predicted molar refractivity (Wildman–Crippen MR) is 117 cm³/mol. The number of amides is 1. The molecule has 2 rings (SSSR count). The second kappa shape index (κ2) is 11.6. The molecule has 0 aliphatic carbocycles. The summed E-state index contributed by atoms with van der Waals surface area (Å²) in [6.07, 6.45) is 0.254. The van der Waals surface area contributed by atoms with Crippen molar-refractivity contribution in [3.8, 4) is 17.6 Å². The van der Waals surface area contributed by atoms with Crippen LogP contribution in [0.3, 0.4) is 0 Å². The molecule has 1 amide bonds. The second-order valence-corrected chi connectivity index (χ2v) is 14.1. The Labute approximate surface area is 177 Å². The number of rotatable bonds is 12. The van der Waals surface area contributed by atoms with Crippen molar-refractivity contribution in [1.29, 1.82) is 5.26 Å². The number of carbonyl (C=O) groups is 1. The fourth-order valence-electron chi connectivity index (χ4n) is 2.31. The van der Waals surface area contributed by atoms with Crippen LogP contribution in [0.15, 0.2) is 35.0 Å². The predicted octanol–water partition coefficient (Wildman–Crippen LogP) is 4.66. The van der Waals surface area contributed by atoms with Crippen LogP contribution in [-0.4, -0.2) is 33.9 Å². The molecule has 0 radical (unpaired) electrons. The maximum absolute atomic E-state index is 12.4. The Morgan fingerprint density at radius 1 is 1.24 bits per heavy atom. The summed E-state index contributed by atoms with van der Waals surface area (Å²) in [7, 11) is -1.17. The van der Waals surface area contributed by atoms with Gasteiger partial charge in [-0.3, -0.25) is 4.79 Å². The van der Waals surface area contributed by atoms with Crippen LogP contribution in [-0.2, 0) is 11.3 Å². The number of hydrogen-bond donors (Lipinski definition) is 1. The molecule has 156 valence electrons. The fourth-order valence-corrected chi connectivity index (χ4v) is 3.72. The van der Waals surface area contributed by atoms with Crippen LogP contribution in [0.1, 0.15) is 22.3 Å². The Hall–Kier alpha value is -2.34. The van der Waals surface area contributed by atoms with Gasteiger partial charge >= 0.3 is 0 Å². The molecule has 0 aliphatic rings. The highest BCUT2D eigenvalue weighted by molar-refractivity contribution is 7.07. The zero-order valence-corrected chi connectivity index (χ0v) is 19.0.